The van der Waals surface area contributed by atoms with Gasteiger partial charge in [-0.3, -0.25) is 4.57 Å². The smallest absolute Gasteiger partial charge is 0.202 e. The monoisotopic (exact) mass is 305 g/mol. The molecule has 2 unspecified atom stereocenters. The molecule has 5 heteroatoms. The Labute approximate surface area is 132 Å². The third-order valence-corrected chi connectivity index (χ3v) is 4.97. The Bertz CT molecular complexity index is 968. The van der Waals surface area contributed by atoms with Crippen LogP contribution >= 0.6 is 0 Å². The minimum Gasteiger partial charge on any atom is -0.494 e. The molecule has 2 aromatic heterocycles. The van der Waals surface area contributed by atoms with E-state index in [1.807, 2.05) is 25.1 Å². The zero-order valence-corrected chi connectivity index (χ0v) is 12.6. The lowest BCUT2D eigenvalue weighted by atomic mass is 10.0. The molecule has 0 saturated heterocycles. The van der Waals surface area contributed by atoms with Gasteiger partial charge in [0.05, 0.1) is 11.2 Å². The first-order valence-corrected chi connectivity index (χ1v) is 7.72. The molecule has 0 spiro atoms. The minimum atomic E-state index is 0.138. The number of aromatic hydroxyl groups is 2. The first kappa shape index (κ1) is 12.7. The summed E-state index contributed by atoms with van der Waals surface area (Å²) in [7, 11) is 0. The molecule has 2 atom stereocenters. The molecule has 0 aliphatic heterocycles. The van der Waals surface area contributed by atoms with Crippen molar-refractivity contribution in [3.05, 3.63) is 53.5 Å². The van der Waals surface area contributed by atoms with Crippen molar-refractivity contribution < 1.29 is 10.2 Å². The summed E-state index contributed by atoms with van der Waals surface area (Å²) >= 11 is 0. The van der Waals surface area contributed by atoms with Gasteiger partial charge in [-0.25, -0.2) is 9.97 Å². The second-order valence-corrected chi connectivity index (χ2v) is 6.30. The summed E-state index contributed by atoms with van der Waals surface area (Å²) in [5.74, 6) is 1.40. The van der Waals surface area contributed by atoms with Crippen LogP contribution in [0.1, 0.15) is 35.2 Å². The van der Waals surface area contributed by atoms with E-state index in [1.54, 1.807) is 6.20 Å². The Morgan fingerprint density at radius 2 is 1.78 bits per heavy atom. The van der Waals surface area contributed by atoms with Gasteiger partial charge in [-0.05, 0) is 31.5 Å². The van der Waals surface area contributed by atoms with Gasteiger partial charge in [-0.15, -0.1) is 0 Å². The standard InChI is InChI=1S/C18H15N3O2/c1-9-19-8-12-4-5-13(7-14(12)20-9)21-17(22)15-10-2-3-11(6-10)16(15)18(21)23/h2-5,7-8,10-11,22-23H,6H2,1H3. The maximum Gasteiger partial charge on any atom is 0.202 e. The molecule has 3 aromatic rings. The van der Waals surface area contributed by atoms with Crippen LogP contribution in [0.3, 0.4) is 0 Å². The lowest BCUT2D eigenvalue weighted by Crippen LogP contribution is -1.97. The van der Waals surface area contributed by atoms with Gasteiger partial charge in [0.2, 0.25) is 11.8 Å². The van der Waals surface area contributed by atoms with Gasteiger partial charge >= 0.3 is 0 Å². The summed E-state index contributed by atoms with van der Waals surface area (Å²) in [6.07, 6.45) is 6.97. The van der Waals surface area contributed by atoms with Crippen LogP contribution < -0.4 is 0 Å². The van der Waals surface area contributed by atoms with Crippen LogP contribution in [0, 0.1) is 6.92 Å². The van der Waals surface area contributed by atoms with Crippen molar-refractivity contribution >= 4 is 10.9 Å². The predicted octanol–water partition coefficient (Wildman–Crippen LogP) is 3.28. The highest BCUT2D eigenvalue weighted by molar-refractivity contribution is 5.80. The number of rotatable bonds is 1. The van der Waals surface area contributed by atoms with Crippen LogP contribution in [0.15, 0.2) is 36.5 Å². The van der Waals surface area contributed by atoms with Gasteiger partial charge in [0, 0.05) is 34.5 Å². The van der Waals surface area contributed by atoms with Gasteiger partial charge in [0.1, 0.15) is 5.82 Å². The maximum atomic E-state index is 10.7. The molecular formula is C18H15N3O2. The molecule has 0 radical (unpaired) electrons. The van der Waals surface area contributed by atoms with E-state index in [2.05, 4.69) is 22.1 Å². The lowest BCUT2D eigenvalue weighted by Gasteiger charge is -2.10. The van der Waals surface area contributed by atoms with Crippen molar-refractivity contribution in [3.63, 3.8) is 0 Å². The zero-order chi connectivity index (χ0) is 15.7. The van der Waals surface area contributed by atoms with Crippen LogP contribution in [0.2, 0.25) is 0 Å². The van der Waals surface area contributed by atoms with E-state index in [0.29, 0.717) is 11.5 Å². The van der Waals surface area contributed by atoms with Crippen molar-refractivity contribution in [1.29, 1.82) is 0 Å². The van der Waals surface area contributed by atoms with Crippen LogP contribution in [0.4, 0.5) is 0 Å². The molecular weight excluding hydrogens is 290 g/mol. The number of fused-ring (bicyclic) bond motifs is 6. The number of hydrogen-bond donors (Lipinski definition) is 2. The molecule has 2 N–H and O–H groups in total. The summed E-state index contributed by atoms with van der Waals surface area (Å²) in [6.45, 7) is 1.84. The minimum absolute atomic E-state index is 0.138. The molecule has 5 rings (SSSR count). The lowest BCUT2D eigenvalue weighted by molar-refractivity contribution is 0.395. The van der Waals surface area contributed by atoms with E-state index in [4.69, 9.17) is 0 Å². The highest BCUT2D eigenvalue weighted by Gasteiger charge is 2.41. The number of allylic oxidation sites excluding steroid dienone is 2. The van der Waals surface area contributed by atoms with E-state index in [0.717, 1.165) is 28.5 Å². The van der Waals surface area contributed by atoms with E-state index < -0.39 is 0 Å². The van der Waals surface area contributed by atoms with Gasteiger partial charge < -0.3 is 10.2 Å². The SMILES string of the molecule is Cc1ncc2ccc(-n3c(O)c4c(c3O)C3C=CC4C3)cc2n1. The molecule has 2 aliphatic carbocycles. The summed E-state index contributed by atoms with van der Waals surface area (Å²) in [5, 5.41) is 22.3. The van der Waals surface area contributed by atoms with Crippen molar-refractivity contribution in [2.24, 2.45) is 0 Å². The maximum absolute atomic E-state index is 10.7. The van der Waals surface area contributed by atoms with Crippen LogP contribution in [0.25, 0.3) is 16.6 Å². The first-order valence-electron chi connectivity index (χ1n) is 7.72. The third kappa shape index (κ3) is 1.56. The van der Waals surface area contributed by atoms with E-state index in [1.165, 1.54) is 4.57 Å². The number of aromatic nitrogens is 3. The Morgan fingerprint density at radius 1 is 1.09 bits per heavy atom. The van der Waals surface area contributed by atoms with Gasteiger partial charge in [-0.2, -0.15) is 0 Å². The van der Waals surface area contributed by atoms with Crippen molar-refractivity contribution in [2.75, 3.05) is 0 Å². The van der Waals surface area contributed by atoms with Crippen LogP contribution in [-0.2, 0) is 0 Å². The second kappa shape index (κ2) is 4.13. The molecule has 5 nitrogen and oxygen atoms in total. The fourth-order valence-corrected chi connectivity index (χ4v) is 3.93. The van der Waals surface area contributed by atoms with Crippen LogP contribution in [0.5, 0.6) is 11.8 Å². The molecule has 0 fully saturated rings. The summed E-state index contributed by atoms with van der Waals surface area (Å²) in [6, 6.07) is 5.64. The second-order valence-electron chi connectivity index (χ2n) is 6.30. The predicted molar refractivity (Wildman–Crippen MR) is 86.2 cm³/mol. The largest absolute Gasteiger partial charge is 0.494 e. The first-order chi connectivity index (χ1) is 11.1. The highest BCUT2D eigenvalue weighted by atomic mass is 16.3. The number of nitrogens with zero attached hydrogens (tertiary/aromatic N) is 3. The quantitative estimate of drug-likeness (QED) is 0.677. The third-order valence-electron chi connectivity index (χ3n) is 4.97. The number of hydrogen-bond acceptors (Lipinski definition) is 4. The Kier molecular flexibility index (Phi) is 2.28. The Hall–Kier alpha value is -2.82. The molecule has 0 amide bonds. The summed E-state index contributed by atoms with van der Waals surface area (Å²) in [4.78, 5) is 8.62. The highest BCUT2D eigenvalue weighted by Crippen LogP contribution is 2.57. The summed E-state index contributed by atoms with van der Waals surface area (Å²) in [5.41, 5.74) is 3.24. The van der Waals surface area contributed by atoms with Gasteiger partial charge in [0.25, 0.3) is 0 Å². The molecule has 114 valence electrons. The Morgan fingerprint density at radius 3 is 2.48 bits per heavy atom. The van der Waals surface area contributed by atoms with Crippen LogP contribution in [-0.4, -0.2) is 24.7 Å². The average Bonchev–Trinajstić information content (AvgIpc) is 3.21. The average molecular weight is 305 g/mol. The molecule has 0 saturated carbocycles. The normalized spacial score (nSPS) is 21.3. The van der Waals surface area contributed by atoms with Gasteiger partial charge in [-0.1, -0.05) is 12.2 Å². The zero-order valence-electron chi connectivity index (χ0n) is 12.6. The molecule has 23 heavy (non-hydrogen) atoms. The molecule has 2 bridgehead atoms. The number of aryl methyl sites for hydroxylation is 1. The molecule has 2 aliphatic rings. The van der Waals surface area contributed by atoms with E-state index >= 15 is 0 Å². The van der Waals surface area contributed by atoms with E-state index in [9.17, 15) is 10.2 Å². The summed E-state index contributed by atoms with van der Waals surface area (Å²) < 4.78 is 1.52. The van der Waals surface area contributed by atoms with Gasteiger partial charge in [0.15, 0.2) is 0 Å². The van der Waals surface area contributed by atoms with E-state index in [-0.39, 0.29) is 23.6 Å². The topological polar surface area (TPSA) is 71.2 Å². The van der Waals surface area contributed by atoms with Crippen molar-refractivity contribution in [3.8, 4) is 17.4 Å². The number of benzene rings is 1. The fraction of sp³-hybridized carbons (Fsp3) is 0.222. The van der Waals surface area contributed by atoms with Crippen molar-refractivity contribution in [1.82, 2.24) is 14.5 Å². The fourth-order valence-electron chi connectivity index (χ4n) is 3.93. The molecule has 2 heterocycles. The van der Waals surface area contributed by atoms with Crippen molar-refractivity contribution in [2.45, 2.75) is 25.2 Å². The molecule has 1 aromatic carbocycles. The Balaban J connectivity index is 1.74.